The number of nitrogens with zero attached hydrogens (tertiary/aromatic N) is 1. The minimum absolute atomic E-state index is 0.0261. The number of aromatic hydroxyl groups is 1. The molecule has 2 aromatic carbocycles. The summed E-state index contributed by atoms with van der Waals surface area (Å²) < 4.78 is 6.04. The van der Waals surface area contributed by atoms with Crippen molar-refractivity contribution in [3.8, 4) is 5.75 Å². The van der Waals surface area contributed by atoms with Crippen LogP contribution in [0.4, 0.5) is 0 Å². The smallest absolute Gasteiger partial charge is 0.310 e. The van der Waals surface area contributed by atoms with Gasteiger partial charge in [0.2, 0.25) is 0 Å². The Hall–Kier alpha value is -2.33. The highest BCUT2D eigenvalue weighted by molar-refractivity contribution is 5.74. The van der Waals surface area contributed by atoms with E-state index in [2.05, 4.69) is 35.2 Å². The van der Waals surface area contributed by atoms with Crippen molar-refractivity contribution in [2.24, 2.45) is 11.8 Å². The van der Waals surface area contributed by atoms with E-state index in [1.807, 2.05) is 18.2 Å². The van der Waals surface area contributed by atoms with Crippen molar-refractivity contribution in [3.63, 3.8) is 0 Å². The standard InChI is InChI=1S/C28H35NO3/c30-26(16-22-12-7-13-25(27(22)31)21-10-5-2-6-11-21)32-28-23-14-15-24(28)19-29(18-23)17-20-8-3-1-4-9-20/h1,3-4,7-9,12-13,21,23-24,28,31H,2,5-6,10-11,14-19H2. The van der Waals surface area contributed by atoms with Crippen LogP contribution in [-0.4, -0.2) is 35.2 Å². The minimum Gasteiger partial charge on any atom is -0.507 e. The molecule has 0 spiro atoms. The Bertz CT molecular complexity index is 908. The Balaban J connectivity index is 1.19. The lowest BCUT2D eigenvalue weighted by atomic mass is 9.83. The van der Waals surface area contributed by atoms with E-state index in [1.165, 1.54) is 24.8 Å². The summed E-state index contributed by atoms with van der Waals surface area (Å²) in [4.78, 5) is 15.4. The maximum absolute atomic E-state index is 12.9. The fraction of sp³-hybridized carbons (Fsp3) is 0.536. The first-order valence-corrected chi connectivity index (χ1v) is 12.4. The Morgan fingerprint density at radius 3 is 2.34 bits per heavy atom. The second-order valence-electron chi connectivity index (χ2n) is 10.1. The van der Waals surface area contributed by atoms with Crippen LogP contribution in [0.5, 0.6) is 5.75 Å². The second-order valence-corrected chi connectivity index (χ2v) is 10.1. The zero-order valence-corrected chi connectivity index (χ0v) is 18.9. The molecule has 1 N–H and O–H groups in total. The van der Waals surface area contributed by atoms with Gasteiger partial charge in [-0.3, -0.25) is 9.69 Å². The molecule has 0 amide bonds. The third kappa shape index (κ3) is 4.71. The maximum atomic E-state index is 12.9. The van der Waals surface area contributed by atoms with Gasteiger partial charge in [-0.25, -0.2) is 0 Å². The van der Waals surface area contributed by atoms with Crippen LogP contribution in [0.1, 0.15) is 67.6 Å². The quantitative estimate of drug-likeness (QED) is 0.617. The molecule has 170 valence electrons. The summed E-state index contributed by atoms with van der Waals surface area (Å²) in [6.45, 7) is 2.95. The summed E-state index contributed by atoms with van der Waals surface area (Å²) >= 11 is 0. The number of hydrogen-bond acceptors (Lipinski definition) is 4. The SMILES string of the molecule is O=C(Cc1cccc(C2CCCCC2)c1O)OC1C2CCC1CN(Cc1ccccc1)C2. The number of benzene rings is 2. The molecule has 0 aromatic heterocycles. The van der Waals surface area contributed by atoms with Crippen molar-refractivity contribution < 1.29 is 14.6 Å². The minimum atomic E-state index is -0.195. The molecule has 5 rings (SSSR count). The molecule has 1 saturated heterocycles. The number of para-hydroxylation sites is 1. The van der Waals surface area contributed by atoms with E-state index >= 15 is 0 Å². The Labute approximate surface area is 191 Å². The van der Waals surface area contributed by atoms with E-state index in [9.17, 15) is 9.90 Å². The third-order valence-corrected chi connectivity index (χ3v) is 7.87. The number of fused-ring (bicyclic) bond motifs is 2. The number of carbonyl (C=O) groups excluding carboxylic acids is 1. The lowest BCUT2D eigenvalue weighted by molar-refractivity contribution is -0.155. The first-order valence-electron chi connectivity index (χ1n) is 12.4. The van der Waals surface area contributed by atoms with Gasteiger partial charge in [-0.15, -0.1) is 0 Å². The van der Waals surface area contributed by atoms with E-state index < -0.39 is 0 Å². The molecule has 3 aliphatic rings. The van der Waals surface area contributed by atoms with Gasteiger partial charge in [0.25, 0.3) is 0 Å². The molecule has 2 unspecified atom stereocenters. The molecule has 32 heavy (non-hydrogen) atoms. The van der Waals surface area contributed by atoms with Crippen molar-refractivity contribution >= 4 is 5.97 Å². The number of likely N-dealkylation sites (tertiary alicyclic amines) is 1. The number of ether oxygens (including phenoxy) is 1. The van der Waals surface area contributed by atoms with E-state index in [-0.39, 0.29) is 18.5 Å². The van der Waals surface area contributed by atoms with Crippen LogP contribution in [0.25, 0.3) is 0 Å². The van der Waals surface area contributed by atoms with Crippen LogP contribution < -0.4 is 0 Å². The molecule has 1 heterocycles. The molecule has 2 aliphatic carbocycles. The van der Waals surface area contributed by atoms with Crippen molar-refractivity contribution in [1.29, 1.82) is 0 Å². The van der Waals surface area contributed by atoms with E-state index in [0.29, 0.717) is 29.1 Å². The first-order chi connectivity index (χ1) is 15.7. The molecule has 2 bridgehead atoms. The van der Waals surface area contributed by atoms with Crippen LogP contribution >= 0.6 is 0 Å². The fourth-order valence-electron chi connectivity index (χ4n) is 6.28. The van der Waals surface area contributed by atoms with Crippen molar-refractivity contribution in [3.05, 3.63) is 65.2 Å². The molecule has 4 nitrogen and oxygen atoms in total. The summed E-state index contributed by atoms with van der Waals surface area (Å²) in [7, 11) is 0. The number of phenols is 1. The van der Waals surface area contributed by atoms with E-state index in [1.54, 1.807) is 0 Å². The van der Waals surface area contributed by atoms with Crippen LogP contribution in [-0.2, 0) is 22.5 Å². The molecule has 2 saturated carbocycles. The lowest BCUT2D eigenvalue weighted by Crippen LogP contribution is -2.46. The maximum Gasteiger partial charge on any atom is 0.310 e. The summed E-state index contributed by atoms with van der Waals surface area (Å²) in [6.07, 6.45) is 8.46. The van der Waals surface area contributed by atoms with Crippen molar-refractivity contribution in [2.45, 2.75) is 69.9 Å². The normalized spacial score (nSPS) is 26.2. The number of phenolic OH excluding ortho intramolecular Hbond substituents is 1. The molecule has 3 fully saturated rings. The predicted molar refractivity (Wildman–Crippen MR) is 125 cm³/mol. The number of hydrogen-bond donors (Lipinski definition) is 1. The Morgan fingerprint density at radius 1 is 0.906 bits per heavy atom. The number of esters is 1. The van der Waals surface area contributed by atoms with Gasteiger partial charge in [0.15, 0.2) is 0 Å². The van der Waals surface area contributed by atoms with Crippen LogP contribution in [0.3, 0.4) is 0 Å². The van der Waals surface area contributed by atoms with Crippen molar-refractivity contribution in [1.82, 2.24) is 4.90 Å². The largest absolute Gasteiger partial charge is 0.507 e. The molecule has 1 aliphatic heterocycles. The zero-order chi connectivity index (χ0) is 21.9. The summed E-state index contributed by atoms with van der Waals surface area (Å²) in [5.74, 6) is 1.38. The Morgan fingerprint density at radius 2 is 1.62 bits per heavy atom. The highest BCUT2D eigenvalue weighted by Crippen LogP contribution is 2.41. The number of carbonyl (C=O) groups is 1. The Kier molecular flexibility index (Phi) is 6.49. The van der Waals surface area contributed by atoms with Gasteiger partial charge in [-0.2, -0.15) is 0 Å². The van der Waals surface area contributed by atoms with Gasteiger partial charge in [-0.1, -0.05) is 67.8 Å². The number of piperidine rings is 1. The van der Waals surface area contributed by atoms with Gasteiger partial charge in [0.1, 0.15) is 11.9 Å². The van der Waals surface area contributed by atoms with Crippen molar-refractivity contribution in [2.75, 3.05) is 13.1 Å². The van der Waals surface area contributed by atoms with Gasteiger partial charge in [0.05, 0.1) is 6.42 Å². The zero-order valence-electron chi connectivity index (χ0n) is 18.9. The highest BCUT2D eigenvalue weighted by Gasteiger charge is 2.44. The summed E-state index contributed by atoms with van der Waals surface area (Å²) in [5.41, 5.74) is 3.08. The molecule has 2 atom stereocenters. The topological polar surface area (TPSA) is 49.8 Å². The van der Waals surface area contributed by atoms with Gasteiger partial charge in [0, 0.05) is 37.0 Å². The monoisotopic (exact) mass is 433 g/mol. The predicted octanol–water partition coefficient (Wildman–Crippen LogP) is 5.44. The second kappa shape index (κ2) is 9.66. The van der Waals surface area contributed by atoms with Crippen LogP contribution in [0, 0.1) is 11.8 Å². The molecule has 4 heteroatoms. The third-order valence-electron chi connectivity index (χ3n) is 7.87. The molecular formula is C28H35NO3. The van der Waals surface area contributed by atoms with Gasteiger partial charge in [-0.05, 0) is 42.7 Å². The van der Waals surface area contributed by atoms with Gasteiger partial charge < -0.3 is 9.84 Å². The number of rotatable bonds is 6. The summed E-state index contributed by atoms with van der Waals surface area (Å²) in [5, 5.41) is 10.9. The average Bonchev–Trinajstić information content (AvgIpc) is 3.03. The molecule has 2 aromatic rings. The highest BCUT2D eigenvalue weighted by atomic mass is 16.5. The molecular weight excluding hydrogens is 398 g/mol. The summed E-state index contributed by atoms with van der Waals surface area (Å²) in [6, 6.07) is 16.5. The van der Waals surface area contributed by atoms with Gasteiger partial charge >= 0.3 is 5.97 Å². The average molecular weight is 434 g/mol. The van der Waals surface area contributed by atoms with Crippen LogP contribution in [0.2, 0.25) is 0 Å². The fourth-order valence-corrected chi connectivity index (χ4v) is 6.28. The lowest BCUT2D eigenvalue weighted by Gasteiger charge is -2.37. The molecule has 0 radical (unpaired) electrons. The first kappa shape index (κ1) is 21.5. The van der Waals surface area contributed by atoms with E-state index in [0.717, 1.165) is 50.9 Å². The van der Waals surface area contributed by atoms with E-state index in [4.69, 9.17) is 4.74 Å². The van der Waals surface area contributed by atoms with Crippen LogP contribution in [0.15, 0.2) is 48.5 Å².